The fourth-order valence-electron chi connectivity index (χ4n) is 3.19. The van der Waals surface area contributed by atoms with Crippen molar-refractivity contribution < 1.29 is 14.0 Å². The Balaban J connectivity index is 1.47. The van der Waals surface area contributed by atoms with Crippen molar-refractivity contribution in [2.24, 2.45) is 11.7 Å². The third-order valence-electron chi connectivity index (χ3n) is 4.68. The van der Waals surface area contributed by atoms with E-state index in [2.05, 4.69) is 20.5 Å². The van der Waals surface area contributed by atoms with Gasteiger partial charge < -0.3 is 16.0 Å². The van der Waals surface area contributed by atoms with Crippen LogP contribution in [0.3, 0.4) is 0 Å². The van der Waals surface area contributed by atoms with Gasteiger partial charge in [0.15, 0.2) is 5.69 Å². The average molecular weight is 374 g/mol. The van der Waals surface area contributed by atoms with E-state index in [0.717, 1.165) is 19.4 Å². The quantitative estimate of drug-likeness (QED) is 0.729. The number of rotatable bonds is 7. The molecule has 0 bridgehead atoms. The summed E-state index contributed by atoms with van der Waals surface area (Å²) in [5.41, 5.74) is 6.03. The number of benzene rings is 1. The minimum atomic E-state index is -0.335. The molecule has 2 heterocycles. The summed E-state index contributed by atoms with van der Waals surface area (Å²) in [6.07, 6.45) is 3.24. The van der Waals surface area contributed by atoms with E-state index in [1.54, 1.807) is 18.2 Å². The summed E-state index contributed by atoms with van der Waals surface area (Å²) >= 11 is 0. The summed E-state index contributed by atoms with van der Waals surface area (Å²) in [4.78, 5) is 25.6. The van der Waals surface area contributed by atoms with Crippen molar-refractivity contribution >= 4 is 11.8 Å². The second kappa shape index (κ2) is 8.72. The van der Waals surface area contributed by atoms with Crippen LogP contribution in [0, 0.1) is 11.7 Å². The van der Waals surface area contributed by atoms with E-state index in [4.69, 9.17) is 5.73 Å². The molecule has 0 saturated carbocycles. The Morgan fingerprint density at radius 3 is 2.93 bits per heavy atom. The summed E-state index contributed by atoms with van der Waals surface area (Å²) in [7, 11) is 0. The van der Waals surface area contributed by atoms with Gasteiger partial charge in [0.05, 0.1) is 18.7 Å². The molecule has 1 aliphatic rings. The van der Waals surface area contributed by atoms with Gasteiger partial charge in [-0.15, -0.1) is 5.10 Å². The molecule has 0 radical (unpaired) electrons. The summed E-state index contributed by atoms with van der Waals surface area (Å²) in [5, 5.41) is 10.5. The fourth-order valence-corrected chi connectivity index (χ4v) is 3.19. The molecule has 144 valence electrons. The Hall–Kier alpha value is -2.81. The molecule has 2 aromatic rings. The second-order valence-electron chi connectivity index (χ2n) is 6.69. The minimum absolute atomic E-state index is 0.118. The van der Waals surface area contributed by atoms with Crippen LogP contribution in [0.4, 0.5) is 4.39 Å². The van der Waals surface area contributed by atoms with E-state index in [1.807, 2.05) is 0 Å². The lowest BCUT2D eigenvalue weighted by atomic mass is 9.97. The first kappa shape index (κ1) is 19.0. The molecule has 8 nitrogen and oxygen atoms in total. The van der Waals surface area contributed by atoms with Gasteiger partial charge in [-0.2, -0.15) is 0 Å². The van der Waals surface area contributed by atoms with Gasteiger partial charge in [0, 0.05) is 25.2 Å². The monoisotopic (exact) mass is 374 g/mol. The first-order valence-corrected chi connectivity index (χ1v) is 8.96. The number of piperidine rings is 1. The third kappa shape index (κ3) is 5.10. The van der Waals surface area contributed by atoms with Gasteiger partial charge >= 0.3 is 0 Å². The number of hydrogen-bond acceptors (Lipinski definition) is 5. The van der Waals surface area contributed by atoms with E-state index >= 15 is 0 Å². The number of nitrogens with two attached hydrogens (primary N) is 1. The number of nitrogens with one attached hydrogen (secondary N) is 1. The molecule has 1 aliphatic heterocycles. The minimum Gasteiger partial charge on any atom is -0.369 e. The van der Waals surface area contributed by atoms with Crippen LogP contribution in [-0.2, 0) is 11.3 Å². The number of likely N-dealkylation sites (tertiary alicyclic amines) is 1. The van der Waals surface area contributed by atoms with E-state index in [1.165, 1.54) is 16.9 Å². The molecule has 1 aromatic heterocycles. The van der Waals surface area contributed by atoms with Crippen molar-refractivity contribution in [2.45, 2.75) is 19.4 Å². The van der Waals surface area contributed by atoms with Crippen LogP contribution in [0.15, 0.2) is 30.5 Å². The number of carbonyl (C=O) groups is 2. The van der Waals surface area contributed by atoms with E-state index in [9.17, 15) is 14.0 Å². The zero-order valence-electron chi connectivity index (χ0n) is 15.0. The van der Waals surface area contributed by atoms with Crippen LogP contribution in [0.2, 0.25) is 0 Å². The Morgan fingerprint density at radius 1 is 1.33 bits per heavy atom. The van der Waals surface area contributed by atoms with E-state index in [0.29, 0.717) is 25.2 Å². The van der Waals surface area contributed by atoms with E-state index < -0.39 is 0 Å². The highest BCUT2D eigenvalue weighted by atomic mass is 19.1. The van der Waals surface area contributed by atoms with Crippen LogP contribution in [0.5, 0.6) is 0 Å². The second-order valence-corrected chi connectivity index (χ2v) is 6.69. The lowest BCUT2D eigenvalue weighted by Crippen LogP contribution is -2.44. The van der Waals surface area contributed by atoms with Crippen molar-refractivity contribution in [1.29, 1.82) is 0 Å². The van der Waals surface area contributed by atoms with Gasteiger partial charge in [-0.05, 0) is 25.5 Å². The van der Waals surface area contributed by atoms with Gasteiger partial charge in [-0.1, -0.05) is 23.4 Å². The number of carbonyl (C=O) groups excluding carboxylic acids is 2. The van der Waals surface area contributed by atoms with Gasteiger partial charge in [0.1, 0.15) is 5.82 Å². The molecule has 1 fully saturated rings. The number of halogens is 1. The lowest BCUT2D eigenvalue weighted by Gasteiger charge is -2.30. The summed E-state index contributed by atoms with van der Waals surface area (Å²) < 4.78 is 15.1. The molecule has 1 atom stereocenters. The molecule has 3 N–H and O–H groups in total. The van der Waals surface area contributed by atoms with Gasteiger partial charge in [-0.25, -0.2) is 9.07 Å². The molecule has 0 aliphatic carbocycles. The molecule has 0 unspecified atom stereocenters. The standard InChI is InChI=1S/C18H23FN6O2/c19-15-6-2-1-4-13(15)11-25-12-16(22-23-25)18(27)21-7-9-24-8-3-5-14(10-24)17(20)26/h1-2,4,6,12,14H,3,5,7-11H2,(H2,20,26)(H,21,27)/t14-/m0/s1. The van der Waals surface area contributed by atoms with Crippen molar-refractivity contribution in [3.8, 4) is 0 Å². The number of amides is 2. The molecule has 3 rings (SSSR count). The van der Waals surface area contributed by atoms with Crippen LogP contribution in [0.1, 0.15) is 28.9 Å². The van der Waals surface area contributed by atoms with Gasteiger partial charge in [-0.3, -0.25) is 9.59 Å². The summed E-state index contributed by atoms with van der Waals surface area (Å²) in [6.45, 7) is 2.79. The average Bonchev–Trinajstić information content (AvgIpc) is 3.12. The number of hydrogen-bond donors (Lipinski definition) is 2. The summed E-state index contributed by atoms with van der Waals surface area (Å²) in [6, 6.07) is 6.40. The Kier molecular flexibility index (Phi) is 6.12. The molecule has 1 saturated heterocycles. The number of primary amides is 1. The Bertz CT molecular complexity index is 809. The van der Waals surface area contributed by atoms with Crippen molar-refractivity contribution in [3.63, 3.8) is 0 Å². The van der Waals surface area contributed by atoms with Gasteiger partial charge in [0.25, 0.3) is 5.91 Å². The predicted octanol–water partition coefficient (Wildman–Crippen LogP) is 0.393. The number of nitrogens with zero attached hydrogens (tertiary/aromatic N) is 4. The molecule has 0 spiro atoms. The normalized spacial score (nSPS) is 17.6. The molecule has 1 aromatic carbocycles. The smallest absolute Gasteiger partial charge is 0.273 e. The van der Waals surface area contributed by atoms with Crippen molar-refractivity contribution in [3.05, 3.63) is 47.5 Å². The molecule has 9 heteroatoms. The third-order valence-corrected chi connectivity index (χ3v) is 4.68. The molecule has 27 heavy (non-hydrogen) atoms. The zero-order chi connectivity index (χ0) is 19.2. The maximum atomic E-state index is 13.7. The highest BCUT2D eigenvalue weighted by Gasteiger charge is 2.23. The topological polar surface area (TPSA) is 106 Å². The SMILES string of the molecule is NC(=O)[C@H]1CCCN(CCNC(=O)c2cn(Cc3ccccc3F)nn2)C1. The van der Waals surface area contributed by atoms with Crippen LogP contribution in [0.25, 0.3) is 0 Å². The van der Waals surface area contributed by atoms with Crippen LogP contribution in [-0.4, -0.2) is 57.9 Å². The maximum Gasteiger partial charge on any atom is 0.273 e. The lowest BCUT2D eigenvalue weighted by molar-refractivity contribution is -0.123. The highest BCUT2D eigenvalue weighted by molar-refractivity contribution is 5.91. The summed E-state index contributed by atoms with van der Waals surface area (Å²) in [5.74, 6) is -1.05. The fraction of sp³-hybridized carbons (Fsp3) is 0.444. The molecule has 2 amide bonds. The zero-order valence-corrected chi connectivity index (χ0v) is 15.0. The molecular formula is C18H23FN6O2. The van der Waals surface area contributed by atoms with Crippen molar-refractivity contribution in [2.75, 3.05) is 26.2 Å². The molecular weight excluding hydrogens is 351 g/mol. The van der Waals surface area contributed by atoms with Crippen LogP contribution < -0.4 is 11.1 Å². The Morgan fingerprint density at radius 2 is 2.15 bits per heavy atom. The van der Waals surface area contributed by atoms with E-state index in [-0.39, 0.29) is 35.8 Å². The number of aromatic nitrogens is 3. The predicted molar refractivity (Wildman–Crippen MR) is 96.2 cm³/mol. The first-order valence-electron chi connectivity index (χ1n) is 8.96. The van der Waals surface area contributed by atoms with Crippen molar-refractivity contribution in [1.82, 2.24) is 25.2 Å². The largest absolute Gasteiger partial charge is 0.369 e. The van der Waals surface area contributed by atoms with Crippen LogP contribution >= 0.6 is 0 Å². The first-order chi connectivity index (χ1) is 13.0. The highest BCUT2D eigenvalue weighted by Crippen LogP contribution is 2.15. The maximum absolute atomic E-state index is 13.7. The van der Waals surface area contributed by atoms with Gasteiger partial charge in [0.2, 0.25) is 5.91 Å². The Labute approximate surface area is 156 Å².